The van der Waals surface area contributed by atoms with Crippen LogP contribution in [0.25, 0.3) is 0 Å². The molecule has 5 N–H and O–H groups in total. The van der Waals surface area contributed by atoms with Gasteiger partial charge in [0.15, 0.2) is 14.6 Å². The fourth-order valence-corrected chi connectivity index (χ4v) is 2.63. The molecule has 0 aromatic carbocycles. The van der Waals surface area contributed by atoms with Gasteiger partial charge in [-0.05, 0) is 18.1 Å². The van der Waals surface area contributed by atoms with Crippen LogP contribution in [-0.2, 0) is 9.16 Å². The van der Waals surface area contributed by atoms with Crippen LogP contribution >= 0.6 is 0 Å². The van der Waals surface area contributed by atoms with Crippen molar-refractivity contribution in [3.63, 3.8) is 0 Å². The molecule has 0 saturated carbocycles. The molecule has 19 heavy (non-hydrogen) atoms. The number of aliphatic hydroxyl groups excluding tert-OH is 3. The van der Waals surface area contributed by atoms with Crippen LogP contribution in [-0.4, -0.2) is 60.9 Å². The lowest BCUT2D eigenvalue weighted by atomic mass is 9.98. The lowest BCUT2D eigenvalue weighted by Gasteiger charge is -2.42. The van der Waals surface area contributed by atoms with E-state index in [0.29, 0.717) is 0 Å². The van der Waals surface area contributed by atoms with Crippen molar-refractivity contribution >= 4 is 8.32 Å². The van der Waals surface area contributed by atoms with Gasteiger partial charge in [-0.15, -0.1) is 0 Å². The van der Waals surface area contributed by atoms with Gasteiger partial charge in [-0.2, -0.15) is 0 Å². The summed E-state index contributed by atoms with van der Waals surface area (Å²) in [5.74, 6) is 0. The maximum Gasteiger partial charge on any atom is 0.192 e. The minimum Gasteiger partial charge on any atom is -0.414 e. The van der Waals surface area contributed by atoms with E-state index >= 15 is 0 Å². The molecule has 0 aromatic rings. The zero-order chi connectivity index (χ0) is 15.0. The van der Waals surface area contributed by atoms with Crippen LogP contribution in [0.1, 0.15) is 20.8 Å². The van der Waals surface area contributed by atoms with Gasteiger partial charge in [0.2, 0.25) is 0 Å². The lowest BCUT2D eigenvalue weighted by Crippen LogP contribution is -2.62. The van der Waals surface area contributed by atoms with Crippen LogP contribution in [0.2, 0.25) is 18.1 Å². The number of hydrogen-bond donors (Lipinski definition) is 4. The van der Waals surface area contributed by atoms with Gasteiger partial charge in [-0.1, -0.05) is 20.8 Å². The molecule has 1 saturated heterocycles. The minimum absolute atomic E-state index is 0.0419. The van der Waals surface area contributed by atoms with Crippen LogP contribution in [0.5, 0.6) is 0 Å². The quantitative estimate of drug-likeness (QED) is 0.536. The van der Waals surface area contributed by atoms with Crippen molar-refractivity contribution in [1.82, 2.24) is 0 Å². The molecule has 0 bridgehead atoms. The Bertz CT molecular complexity index is 307. The highest BCUT2D eigenvalue weighted by Crippen LogP contribution is 2.37. The van der Waals surface area contributed by atoms with Gasteiger partial charge < -0.3 is 30.2 Å². The van der Waals surface area contributed by atoms with E-state index in [2.05, 4.69) is 33.9 Å². The first-order chi connectivity index (χ1) is 8.47. The summed E-state index contributed by atoms with van der Waals surface area (Å²) in [6, 6.07) is -1.00. The second kappa shape index (κ2) is 5.77. The number of hydrogen-bond acceptors (Lipinski definition) is 6. The van der Waals surface area contributed by atoms with Crippen molar-refractivity contribution in [1.29, 1.82) is 0 Å². The van der Waals surface area contributed by atoms with E-state index in [0.717, 1.165) is 0 Å². The lowest BCUT2D eigenvalue weighted by molar-refractivity contribution is -0.247. The molecule has 0 radical (unpaired) electrons. The Morgan fingerprint density at radius 3 is 2.16 bits per heavy atom. The van der Waals surface area contributed by atoms with Crippen molar-refractivity contribution in [2.45, 2.75) is 69.5 Å². The second-order valence-corrected chi connectivity index (χ2v) is 11.5. The van der Waals surface area contributed by atoms with Crippen LogP contribution in [0.15, 0.2) is 0 Å². The smallest absolute Gasteiger partial charge is 0.192 e. The van der Waals surface area contributed by atoms with Gasteiger partial charge >= 0.3 is 0 Å². The Kier molecular flexibility index (Phi) is 5.17. The van der Waals surface area contributed by atoms with Gasteiger partial charge in [-0.3, -0.25) is 0 Å². The van der Waals surface area contributed by atoms with E-state index < -0.39 is 39.0 Å². The normalized spacial score (nSPS) is 37.4. The molecule has 1 aliphatic rings. The van der Waals surface area contributed by atoms with Gasteiger partial charge in [0, 0.05) is 0 Å². The maximum absolute atomic E-state index is 9.89. The fourth-order valence-electron chi connectivity index (χ4n) is 1.61. The summed E-state index contributed by atoms with van der Waals surface area (Å²) in [5.41, 5.74) is 5.51. The molecule has 2 unspecified atom stereocenters. The third kappa shape index (κ3) is 3.75. The molecule has 5 atom stereocenters. The van der Waals surface area contributed by atoms with E-state index in [9.17, 15) is 15.3 Å². The van der Waals surface area contributed by atoms with Crippen molar-refractivity contribution in [2.75, 3.05) is 6.61 Å². The molecule has 0 spiro atoms. The van der Waals surface area contributed by atoms with Crippen molar-refractivity contribution in [3.8, 4) is 0 Å². The molecule has 1 fully saturated rings. The minimum atomic E-state index is -1.97. The molecule has 114 valence electrons. The number of aliphatic hydroxyl groups is 3. The summed E-state index contributed by atoms with van der Waals surface area (Å²) in [6.07, 6.45) is -4.41. The number of ether oxygens (including phenoxy) is 1. The predicted octanol–water partition coefficient (Wildman–Crippen LogP) is -0.225. The maximum atomic E-state index is 9.89. The summed E-state index contributed by atoms with van der Waals surface area (Å²) in [5, 5.41) is 29.2. The standard InChI is InChI=1S/C12H27NO5Si/c1-12(2,3)19(4,5)17-6-7-9(14)10(15)8(13)11(16)18-7/h7-11,14-16H,6,13H2,1-5H3/t7?,8?,9-,10-,11-/m1/s1. The van der Waals surface area contributed by atoms with E-state index in [1.165, 1.54) is 0 Å². The molecule has 0 aliphatic carbocycles. The highest BCUT2D eigenvalue weighted by Gasteiger charge is 2.44. The first kappa shape index (κ1) is 17.0. The van der Waals surface area contributed by atoms with Crippen LogP contribution < -0.4 is 5.73 Å². The van der Waals surface area contributed by atoms with E-state index in [1.807, 2.05) is 0 Å². The zero-order valence-electron chi connectivity index (χ0n) is 12.3. The SMILES string of the molecule is CC(C)(C)[Si](C)(C)OCC1O[C@@H](O)C(N)[C@@H](O)[C@@H]1O. The van der Waals surface area contributed by atoms with Crippen molar-refractivity contribution in [3.05, 3.63) is 0 Å². The first-order valence-electron chi connectivity index (χ1n) is 6.56. The van der Waals surface area contributed by atoms with E-state index in [-0.39, 0.29) is 11.6 Å². The van der Waals surface area contributed by atoms with Gasteiger partial charge in [0.25, 0.3) is 0 Å². The Morgan fingerprint density at radius 2 is 1.68 bits per heavy atom. The predicted molar refractivity (Wildman–Crippen MR) is 74.0 cm³/mol. The number of rotatable bonds is 3. The summed E-state index contributed by atoms with van der Waals surface area (Å²) >= 11 is 0. The summed E-state index contributed by atoms with van der Waals surface area (Å²) in [4.78, 5) is 0. The Morgan fingerprint density at radius 1 is 1.16 bits per heavy atom. The Hall–Kier alpha value is -0.0231. The summed E-state index contributed by atoms with van der Waals surface area (Å²) < 4.78 is 11.1. The van der Waals surface area contributed by atoms with Gasteiger partial charge in [0.05, 0.1) is 12.6 Å². The zero-order valence-corrected chi connectivity index (χ0v) is 13.3. The largest absolute Gasteiger partial charge is 0.414 e. The molecule has 0 aromatic heterocycles. The molecular weight excluding hydrogens is 266 g/mol. The monoisotopic (exact) mass is 293 g/mol. The second-order valence-electron chi connectivity index (χ2n) is 6.69. The summed E-state index contributed by atoms with van der Waals surface area (Å²) in [7, 11) is -1.97. The first-order valence-corrected chi connectivity index (χ1v) is 9.47. The van der Waals surface area contributed by atoms with Gasteiger partial charge in [0.1, 0.15) is 18.3 Å². The fraction of sp³-hybridized carbons (Fsp3) is 1.00. The average Bonchev–Trinajstić information content (AvgIpc) is 2.28. The molecule has 1 rings (SSSR count). The Balaban J connectivity index is 2.63. The van der Waals surface area contributed by atoms with Gasteiger partial charge in [-0.25, -0.2) is 0 Å². The van der Waals surface area contributed by atoms with Crippen LogP contribution in [0.3, 0.4) is 0 Å². The molecule has 6 nitrogen and oxygen atoms in total. The topological polar surface area (TPSA) is 105 Å². The third-order valence-corrected chi connectivity index (χ3v) is 8.68. The van der Waals surface area contributed by atoms with Crippen LogP contribution in [0.4, 0.5) is 0 Å². The highest BCUT2D eigenvalue weighted by molar-refractivity contribution is 6.74. The number of nitrogens with two attached hydrogens (primary N) is 1. The Labute approximate surface area is 115 Å². The molecule has 1 heterocycles. The van der Waals surface area contributed by atoms with Crippen molar-refractivity contribution in [2.24, 2.45) is 5.73 Å². The molecule has 0 amide bonds. The summed E-state index contributed by atoms with van der Waals surface area (Å²) in [6.45, 7) is 10.6. The highest BCUT2D eigenvalue weighted by atomic mass is 28.4. The molecular formula is C12H27NO5Si. The van der Waals surface area contributed by atoms with Crippen molar-refractivity contribution < 1.29 is 24.5 Å². The third-order valence-electron chi connectivity index (χ3n) is 4.18. The van der Waals surface area contributed by atoms with E-state index in [4.69, 9.17) is 14.9 Å². The van der Waals surface area contributed by atoms with E-state index in [1.54, 1.807) is 0 Å². The van der Waals surface area contributed by atoms with Crippen LogP contribution in [0, 0.1) is 0 Å². The average molecular weight is 293 g/mol. The molecule has 1 aliphatic heterocycles. The molecule has 7 heteroatoms.